The second-order valence-corrected chi connectivity index (χ2v) is 3.84. The Labute approximate surface area is 134 Å². The van der Waals surface area contributed by atoms with Gasteiger partial charge in [0.15, 0.2) is 0 Å². The number of nitrogens with one attached hydrogen (secondary N) is 1. The molecule has 1 N–H and O–H groups in total. The molecule has 1 aromatic rings. The van der Waals surface area contributed by atoms with Gasteiger partial charge < -0.3 is 9.80 Å². The zero-order chi connectivity index (χ0) is 17.2. The van der Waals surface area contributed by atoms with Gasteiger partial charge >= 0.3 is 0 Å². The van der Waals surface area contributed by atoms with E-state index in [1.165, 1.54) is 6.34 Å². The van der Waals surface area contributed by atoms with Crippen LogP contribution in [-0.4, -0.2) is 40.6 Å². The smallest absolute Gasteiger partial charge is 0.210 e. The molecule has 5 heteroatoms. The maximum Gasteiger partial charge on any atom is 0.210 e. The highest BCUT2D eigenvalue weighted by molar-refractivity contribution is 5.52. The number of aromatic nitrogens is 1. The van der Waals surface area contributed by atoms with Crippen LogP contribution >= 0.6 is 0 Å². The van der Waals surface area contributed by atoms with E-state index in [1.54, 1.807) is 28.4 Å². The van der Waals surface area contributed by atoms with Crippen LogP contribution in [0.3, 0.4) is 0 Å². The zero-order valence-corrected chi connectivity index (χ0v) is 13.5. The minimum absolute atomic E-state index is 0.565. The molecule has 0 atom stereocenters. The fraction of sp³-hybridized carbons (Fsp3) is 0.353. The number of amides is 1. The number of terminal acetylenes is 1. The maximum atomic E-state index is 11.0. The predicted molar refractivity (Wildman–Crippen MR) is 92.3 cm³/mol. The number of hydrogen-bond acceptors (Lipinski definition) is 3. The molecule has 1 aromatic heterocycles. The second kappa shape index (κ2) is 16.4. The van der Waals surface area contributed by atoms with Gasteiger partial charge in [-0.2, -0.15) is 0 Å². The highest BCUT2D eigenvalue weighted by Crippen LogP contribution is 2.02. The van der Waals surface area contributed by atoms with Crippen molar-refractivity contribution < 1.29 is 4.79 Å². The number of hydrogen-bond donors (Lipinski definition) is 1. The van der Waals surface area contributed by atoms with E-state index in [0.29, 0.717) is 19.6 Å². The van der Waals surface area contributed by atoms with E-state index in [0.717, 1.165) is 18.4 Å². The fourth-order valence-corrected chi connectivity index (χ4v) is 1.56. The first-order valence-electron chi connectivity index (χ1n) is 7.10. The number of carbonyl (C=O) groups excluding carboxylic acids is 1. The summed E-state index contributed by atoms with van der Waals surface area (Å²) < 4.78 is 0. The predicted octanol–water partition coefficient (Wildman–Crippen LogP) is 2.76. The minimum atomic E-state index is 0.565. The van der Waals surface area contributed by atoms with Crippen molar-refractivity contribution in [2.75, 3.05) is 13.1 Å². The molecule has 1 heterocycles. The van der Waals surface area contributed by atoms with E-state index in [4.69, 9.17) is 5.41 Å². The zero-order valence-electron chi connectivity index (χ0n) is 13.5. The summed E-state index contributed by atoms with van der Waals surface area (Å²) in [6.45, 7) is 9.50. The van der Waals surface area contributed by atoms with Crippen molar-refractivity contribution in [2.24, 2.45) is 0 Å². The normalized spacial score (nSPS) is 8.18. The molecule has 0 radical (unpaired) electrons. The Hall–Kier alpha value is -2.61. The Morgan fingerprint density at radius 2 is 2.05 bits per heavy atom. The van der Waals surface area contributed by atoms with E-state index in [1.807, 2.05) is 26.0 Å². The van der Waals surface area contributed by atoms with Crippen LogP contribution in [0.25, 0.3) is 0 Å². The van der Waals surface area contributed by atoms with Gasteiger partial charge in [-0.1, -0.05) is 26.5 Å². The Kier molecular flexibility index (Phi) is 16.2. The van der Waals surface area contributed by atoms with E-state index in [9.17, 15) is 4.79 Å². The molecular formula is C17H26N4O. The third kappa shape index (κ3) is 10.2. The van der Waals surface area contributed by atoms with Gasteiger partial charge in [-0.3, -0.25) is 15.2 Å². The summed E-state index contributed by atoms with van der Waals surface area (Å²) >= 11 is 0. The van der Waals surface area contributed by atoms with Crippen LogP contribution in [0.2, 0.25) is 0 Å². The number of rotatable bonds is 9. The first-order valence-corrected chi connectivity index (χ1v) is 7.10. The van der Waals surface area contributed by atoms with Crippen molar-refractivity contribution in [1.29, 1.82) is 5.41 Å². The van der Waals surface area contributed by atoms with E-state index in [-0.39, 0.29) is 0 Å². The van der Waals surface area contributed by atoms with Gasteiger partial charge in [0.25, 0.3) is 0 Å². The van der Waals surface area contributed by atoms with Crippen molar-refractivity contribution in [3.63, 3.8) is 0 Å². The van der Waals surface area contributed by atoms with Gasteiger partial charge in [-0.15, -0.1) is 12.8 Å². The molecular weight excluding hydrogens is 276 g/mol. The highest BCUT2D eigenvalue weighted by atomic mass is 16.1. The van der Waals surface area contributed by atoms with Crippen molar-refractivity contribution in [1.82, 2.24) is 14.8 Å². The van der Waals surface area contributed by atoms with Gasteiger partial charge in [-0.25, -0.2) is 0 Å². The topological polar surface area (TPSA) is 60.3 Å². The Bertz CT molecular complexity index is 409. The van der Waals surface area contributed by atoms with Crippen LogP contribution in [-0.2, 0) is 11.3 Å². The average molecular weight is 302 g/mol. The lowest BCUT2D eigenvalue weighted by Gasteiger charge is -2.19. The molecule has 0 aliphatic carbocycles. The molecule has 0 saturated carbocycles. The van der Waals surface area contributed by atoms with Crippen molar-refractivity contribution in [2.45, 2.75) is 26.8 Å². The monoisotopic (exact) mass is 302 g/mol. The Morgan fingerprint density at radius 1 is 1.36 bits per heavy atom. The molecule has 1 rings (SSSR count). The van der Waals surface area contributed by atoms with Crippen LogP contribution < -0.4 is 0 Å². The molecule has 120 valence electrons. The molecule has 1 amide bonds. The largest absolute Gasteiger partial charge is 0.341 e. The summed E-state index contributed by atoms with van der Waals surface area (Å²) in [6, 6.07) is 3.80. The fourth-order valence-electron chi connectivity index (χ4n) is 1.56. The number of carbonyl (C=O) groups is 1. The van der Waals surface area contributed by atoms with Crippen LogP contribution in [0, 0.1) is 18.3 Å². The summed E-state index contributed by atoms with van der Waals surface area (Å²) in [4.78, 5) is 18.3. The van der Waals surface area contributed by atoms with E-state index < -0.39 is 0 Å². The highest BCUT2D eigenvalue weighted by Gasteiger charge is 2.03. The molecule has 0 aliphatic heterocycles. The van der Waals surface area contributed by atoms with Crippen LogP contribution in [0.1, 0.15) is 25.8 Å². The summed E-state index contributed by atoms with van der Waals surface area (Å²) in [6.07, 6.45) is 15.9. The standard InChI is InChI=1S/C13H18N4O.C2H6.C2H2/c1-2-16(11-14)7-4-8-17(12-18)10-13-5-3-6-15-9-13;2*1-2/h2-3,5-6,9,11-12,14H,1,4,7-8,10H2;1-2H3;1-2H. The first kappa shape index (κ1) is 21.7. The van der Waals surface area contributed by atoms with Gasteiger partial charge in [0.2, 0.25) is 6.41 Å². The van der Waals surface area contributed by atoms with Crippen molar-refractivity contribution >= 4 is 12.7 Å². The lowest BCUT2D eigenvalue weighted by Crippen LogP contribution is -2.26. The lowest BCUT2D eigenvalue weighted by atomic mass is 10.2. The van der Waals surface area contributed by atoms with E-state index >= 15 is 0 Å². The molecule has 0 spiro atoms. The molecule has 5 nitrogen and oxygen atoms in total. The molecule has 0 saturated heterocycles. The Morgan fingerprint density at radius 3 is 2.50 bits per heavy atom. The summed E-state index contributed by atoms with van der Waals surface area (Å²) in [5.74, 6) is 0. The number of pyridine rings is 1. The molecule has 0 aromatic carbocycles. The van der Waals surface area contributed by atoms with Crippen molar-refractivity contribution in [3.05, 3.63) is 42.9 Å². The molecule has 0 unspecified atom stereocenters. The van der Waals surface area contributed by atoms with Gasteiger partial charge in [0.1, 0.15) is 0 Å². The summed E-state index contributed by atoms with van der Waals surface area (Å²) in [5, 5.41) is 7.11. The molecule has 22 heavy (non-hydrogen) atoms. The minimum Gasteiger partial charge on any atom is -0.341 e. The maximum absolute atomic E-state index is 11.0. The SMILES string of the molecule is C#C.C=CN(C=N)CCCN(C=O)Cc1cccnc1.CC. The van der Waals surface area contributed by atoms with Gasteiger partial charge in [-0.05, 0) is 24.3 Å². The third-order valence-electron chi connectivity index (χ3n) is 2.52. The first-order chi connectivity index (χ1) is 10.8. The summed E-state index contributed by atoms with van der Waals surface area (Å²) in [5.41, 5.74) is 1.01. The van der Waals surface area contributed by atoms with Crippen LogP contribution in [0.4, 0.5) is 0 Å². The Balaban J connectivity index is 0. The molecule has 0 fully saturated rings. The summed E-state index contributed by atoms with van der Waals surface area (Å²) in [7, 11) is 0. The second-order valence-electron chi connectivity index (χ2n) is 3.84. The van der Waals surface area contributed by atoms with Crippen LogP contribution in [0.15, 0.2) is 37.3 Å². The number of nitrogens with zero attached hydrogens (tertiary/aromatic N) is 3. The third-order valence-corrected chi connectivity index (χ3v) is 2.52. The average Bonchev–Trinajstić information content (AvgIpc) is 2.62. The van der Waals surface area contributed by atoms with Gasteiger partial charge in [0, 0.05) is 32.0 Å². The molecule has 0 bridgehead atoms. The molecule has 0 aliphatic rings. The van der Waals surface area contributed by atoms with E-state index in [2.05, 4.69) is 24.4 Å². The lowest BCUT2D eigenvalue weighted by molar-refractivity contribution is -0.118. The van der Waals surface area contributed by atoms with Gasteiger partial charge in [0.05, 0.1) is 6.34 Å². The van der Waals surface area contributed by atoms with Crippen molar-refractivity contribution in [3.8, 4) is 12.8 Å². The quantitative estimate of drug-likeness (QED) is 0.330. The van der Waals surface area contributed by atoms with Crippen LogP contribution in [0.5, 0.6) is 0 Å².